The summed E-state index contributed by atoms with van der Waals surface area (Å²) in [7, 11) is 0. The first-order valence-corrected chi connectivity index (χ1v) is 8.19. The summed E-state index contributed by atoms with van der Waals surface area (Å²) in [5.41, 5.74) is 3.46. The van der Waals surface area contributed by atoms with Gasteiger partial charge in [0.2, 0.25) is 0 Å². The van der Waals surface area contributed by atoms with Crippen LogP contribution in [0.25, 0.3) is 0 Å². The Hall–Kier alpha value is -1.00. The molecule has 2 aliphatic rings. The summed E-state index contributed by atoms with van der Waals surface area (Å²) in [6.45, 7) is 1.93. The monoisotopic (exact) mass is 276 g/mol. The predicted molar refractivity (Wildman–Crippen MR) is 79.7 cm³/mol. The summed E-state index contributed by atoms with van der Waals surface area (Å²) in [6.07, 6.45) is 3.27. The maximum Gasteiger partial charge on any atom is 0.251 e. The molecular weight excluding hydrogens is 256 g/mol. The number of carbonyl (C=O) groups excluding carboxylic acids is 1. The van der Waals surface area contributed by atoms with Crippen LogP contribution in [0.15, 0.2) is 18.2 Å². The highest BCUT2D eigenvalue weighted by Gasteiger charge is 2.18. The molecule has 1 saturated heterocycles. The molecule has 2 N–H and O–H groups in total. The van der Waals surface area contributed by atoms with Gasteiger partial charge >= 0.3 is 0 Å². The molecule has 2 aliphatic heterocycles. The molecule has 0 radical (unpaired) electrons. The first-order valence-electron chi connectivity index (χ1n) is 7.04. The van der Waals surface area contributed by atoms with Gasteiger partial charge in [-0.05, 0) is 60.6 Å². The van der Waals surface area contributed by atoms with Gasteiger partial charge < -0.3 is 10.6 Å². The van der Waals surface area contributed by atoms with E-state index in [0.717, 1.165) is 37.9 Å². The number of carbonyl (C=O) groups is 1. The number of nitrogens with one attached hydrogen (secondary N) is 2. The quantitative estimate of drug-likeness (QED) is 0.867. The maximum absolute atomic E-state index is 12.3. The van der Waals surface area contributed by atoms with Crippen LogP contribution < -0.4 is 10.6 Å². The third-order valence-electron chi connectivity index (χ3n) is 3.91. The molecule has 3 nitrogen and oxygen atoms in total. The van der Waals surface area contributed by atoms with E-state index in [1.54, 1.807) is 0 Å². The number of thioether (sulfide) groups is 1. The first-order chi connectivity index (χ1) is 9.33. The van der Waals surface area contributed by atoms with E-state index in [4.69, 9.17) is 0 Å². The van der Waals surface area contributed by atoms with Crippen molar-refractivity contribution in [1.82, 2.24) is 10.6 Å². The Labute approximate surface area is 118 Å². The van der Waals surface area contributed by atoms with Crippen LogP contribution in [0.5, 0.6) is 0 Å². The Kier molecular flexibility index (Phi) is 4.09. The van der Waals surface area contributed by atoms with Crippen LogP contribution in [0.4, 0.5) is 0 Å². The molecule has 0 aromatic heterocycles. The fourth-order valence-electron chi connectivity index (χ4n) is 2.73. The average molecular weight is 276 g/mol. The van der Waals surface area contributed by atoms with Crippen molar-refractivity contribution >= 4 is 17.7 Å². The second kappa shape index (κ2) is 5.97. The molecule has 0 unspecified atom stereocenters. The number of hydrogen-bond donors (Lipinski definition) is 2. The fraction of sp³-hybridized carbons (Fsp3) is 0.533. The second-order valence-electron chi connectivity index (χ2n) is 5.27. The van der Waals surface area contributed by atoms with E-state index in [0.29, 0.717) is 6.04 Å². The maximum atomic E-state index is 12.3. The number of rotatable bonds is 2. The summed E-state index contributed by atoms with van der Waals surface area (Å²) >= 11 is 1.98. The summed E-state index contributed by atoms with van der Waals surface area (Å²) in [5.74, 6) is 2.42. The Morgan fingerprint density at radius 2 is 2.11 bits per heavy atom. The van der Waals surface area contributed by atoms with Crippen molar-refractivity contribution in [2.24, 2.45) is 0 Å². The van der Waals surface area contributed by atoms with Crippen molar-refractivity contribution in [3.8, 4) is 0 Å². The minimum absolute atomic E-state index is 0.0882. The van der Waals surface area contributed by atoms with Gasteiger partial charge in [-0.2, -0.15) is 11.8 Å². The summed E-state index contributed by atoms with van der Waals surface area (Å²) in [6, 6.07) is 6.50. The Balaban J connectivity index is 1.69. The van der Waals surface area contributed by atoms with E-state index < -0.39 is 0 Å². The Bertz CT molecular complexity index is 469. The zero-order valence-corrected chi connectivity index (χ0v) is 11.9. The van der Waals surface area contributed by atoms with Gasteiger partial charge in [-0.25, -0.2) is 0 Å². The molecule has 4 heteroatoms. The highest BCUT2D eigenvalue weighted by Crippen LogP contribution is 2.19. The van der Waals surface area contributed by atoms with E-state index >= 15 is 0 Å². The van der Waals surface area contributed by atoms with Crippen molar-refractivity contribution in [1.29, 1.82) is 0 Å². The Morgan fingerprint density at radius 1 is 1.26 bits per heavy atom. The van der Waals surface area contributed by atoms with Crippen LogP contribution in [-0.4, -0.2) is 30.0 Å². The molecule has 0 aliphatic carbocycles. The van der Waals surface area contributed by atoms with Gasteiger partial charge in [-0.1, -0.05) is 6.07 Å². The lowest BCUT2D eigenvalue weighted by Gasteiger charge is -2.23. The van der Waals surface area contributed by atoms with Crippen molar-refractivity contribution in [2.45, 2.75) is 31.8 Å². The van der Waals surface area contributed by atoms with Gasteiger partial charge in [0, 0.05) is 18.2 Å². The average Bonchev–Trinajstić information content (AvgIpc) is 2.48. The summed E-state index contributed by atoms with van der Waals surface area (Å²) in [4.78, 5) is 12.3. The minimum Gasteiger partial charge on any atom is -0.349 e. The zero-order valence-electron chi connectivity index (χ0n) is 11.1. The molecule has 3 rings (SSSR count). The molecule has 1 aromatic rings. The largest absolute Gasteiger partial charge is 0.349 e. The standard InChI is InChI=1S/C15H20N2OS/c18-15(17-14-4-7-19-8-5-14)12-2-1-11-3-6-16-10-13(11)9-12/h1-2,9,14,16H,3-8,10H2,(H,17,18). The molecule has 0 saturated carbocycles. The van der Waals surface area contributed by atoms with Gasteiger partial charge in [-0.15, -0.1) is 0 Å². The topological polar surface area (TPSA) is 41.1 Å². The van der Waals surface area contributed by atoms with Gasteiger partial charge in [0.05, 0.1) is 0 Å². The second-order valence-corrected chi connectivity index (χ2v) is 6.50. The molecule has 1 aromatic carbocycles. The van der Waals surface area contributed by atoms with E-state index in [9.17, 15) is 4.79 Å². The van der Waals surface area contributed by atoms with Gasteiger partial charge in [0.1, 0.15) is 0 Å². The van der Waals surface area contributed by atoms with E-state index in [-0.39, 0.29) is 5.91 Å². The van der Waals surface area contributed by atoms with E-state index in [1.165, 1.54) is 22.6 Å². The van der Waals surface area contributed by atoms with E-state index in [1.807, 2.05) is 17.8 Å². The van der Waals surface area contributed by atoms with Crippen molar-refractivity contribution in [3.63, 3.8) is 0 Å². The van der Waals surface area contributed by atoms with Crippen LogP contribution in [-0.2, 0) is 13.0 Å². The Morgan fingerprint density at radius 3 is 2.95 bits per heavy atom. The van der Waals surface area contributed by atoms with Crippen LogP contribution in [0.1, 0.15) is 34.3 Å². The number of fused-ring (bicyclic) bond motifs is 1. The smallest absolute Gasteiger partial charge is 0.251 e. The van der Waals surface area contributed by atoms with Crippen LogP contribution in [0.2, 0.25) is 0 Å². The normalized spacial score (nSPS) is 19.8. The van der Waals surface area contributed by atoms with Gasteiger partial charge in [-0.3, -0.25) is 4.79 Å². The highest BCUT2D eigenvalue weighted by molar-refractivity contribution is 7.99. The molecule has 0 atom stereocenters. The van der Waals surface area contributed by atoms with Crippen LogP contribution in [0.3, 0.4) is 0 Å². The predicted octanol–water partition coefficient (Wildman–Crippen LogP) is 1.96. The molecule has 2 heterocycles. The molecule has 19 heavy (non-hydrogen) atoms. The zero-order chi connectivity index (χ0) is 13.1. The van der Waals surface area contributed by atoms with Gasteiger partial charge in [0.25, 0.3) is 5.91 Å². The lowest BCUT2D eigenvalue weighted by atomic mass is 9.98. The third kappa shape index (κ3) is 3.12. The SMILES string of the molecule is O=C(NC1CCSCC1)c1ccc2c(c1)CNCC2. The molecule has 1 fully saturated rings. The van der Waals surface area contributed by atoms with Crippen molar-refractivity contribution in [2.75, 3.05) is 18.1 Å². The van der Waals surface area contributed by atoms with Crippen molar-refractivity contribution < 1.29 is 4.79 Å². The van der Waals surface area contributed by atoms with Crippen LogP contribution >= 0.6 is 11.8 Å². The van der Waals surface area contributed by atoms with Crippen molar-refractivity contribution in [3.05, 3.63) is 34.9 Å². The molecular formula is C15H20N2OS. The number of hydrogen-bond acceptors (Lipinski definition) is 3. The molecule has 0 spiro atoms. The lowest BCUT2D eigenvalue weighted by Crippen LogP contribution is -2.37. The molecule has 102 valence electrons. The van der Waals surface area contributed by atoms with E-state index in [2.05, 4.69) is 22.8 Å². The molecule has 1 amide bonds. The highest BCUT2D eigenvalue weighted by atomic mass is 32.2. The molecule has 0 bridgehead atoms. The first kappa shape index (κ1) is 13.0. The summed E-state index contributed by atoms with van der Waals surface area (Å²) in [5, 5.41) is 6.52. The number of benzene rings is 1. The summed E-state index contributed by atoms with van der Waals surface area (Å²) < 4.78 is 0. The number of amides is 1. The fourth-order valence-corrected chi connectivity index (χ4v) is 3.84. The lowest BCUT2D eigenvalue weighted by molar-refractivity contribution is 0.0934. The van der Waals surface area contributed by atoms with Crippen LogP contribution in [0, 0.1) is 0 Å². The third-order valence-corrected chi connectivity index (χ3v) is 4.96. The van der Waals surface area contributed by atoms with Gasteiger partial charge in [0.15, 0.2) is 0 Å². The minimum atomic E-state index is 0.0882.